The molecule has 0 spiro atoms. The van der Waals surface area contributed by atoms with Crippen molar-refractivity contribution in [1.29, 1.82) is 0 Å². The molecule has 2 rings (SSSR count). The fraction of sp³-hybridized carbons (Fsp3) is 0.316. The van der Waals surface area contributed by atoms with E-state index in [1.165, 1.54) is 23.3 Å². The number of nitrogens with one attached hydrogen (secondary N) is 1. The molecule has 0 fully saturated rings. The maximum atomic E-state index is 13.0. The molecular formula is C19H23FN2O3S2. The summed E-state index contributed by atoms with van der Waals surface area (Å²) in [6.07, 6.45) is 1.02. The van der Waals surface area contributed by atoms with Gasteiger partial charge in [0.1, 0.15) is 12.4 Å². The van der Waals surface area contributed by atoms with Gasteiger partial charge in [0.15, 0.2) is 0 Å². The van der Waals surface area contributed by atoms with Gasteiger partial charge in [0, 0.05) is 18.1 Å². The van der Waals surface area contributed by atoms with E-state index in [0.717, 1.165) is 34.2 Å². The Balaban J connectivity index is 1.81. The van der Waals surface area contributed by atoms with Gasteiger partial charge in [-0.25, -0.2) is 12.8 Å². The summed E-state index contributed by atoms with van der Waals surface area (Å²) in [5.74, 6) is 0.695. The number of carbonyl (C=O) groups excluding carboxylic acids is 1. The quantitative estimate of drug-likeness (QED) is 0.646. The Labute approximate surface area is 164 Å². The lowest BCUT2D eigenvalue weighted by Gasteiger charge is -2.21. The molecule has 27 heavy (non-hydrogen) atoms. The molecule has 0 bridgehead atoms. The number of benzene rings is 2. The third-order valence-electron chi connectivity index (χ3n) is 3.72. The fourth-order valence-electron chi connectivity index (χ4n) is 2.45. The Morgan fingerprint density at radius 1 is 1.19 bits per heavy atom. The number of anilines is 1. The van der Waals surface area contributed by atoms with Gasteiger partial charge in [-0.15, -0.1) is 0 Å². The van der Waals surface area contributed by atoms with Gasteiger partial charge in [-0.3, -0.25) is 9.10 Å². The second kappa shape index (κ2) is 9.75. The monoisotopic (exact) mass is 410 g/mol. The number of hydrogen-bond donors (Lipinski definition) is 1. The number of sulfonamides is 1. The lowest BCUT2D eigenvalue weighted by atomic mass is 10.2. The Morgan fingerprint density at radius 2 is 1.89 bits per heavy atom. The third kappa shape index (κ3) is 7.22. The highest BCUT2D eigenvalue weighted by molar-refractivity contribution is 7.98. The first-order valence-electron chi connectivity index (χ1n) is 8.39. The molecule has 0 aliphatic heterocycles. The van der Waals surface area contributed by atoms with Gasteiger partial charge >= 0.3 is 0 Å². The van der Waals surface area contributed by atoms with Gasteiger partial charge in [0.25, 0.3) is 0 Å². The van der Waals surface area contributed by atoms with E-state index in [4.69, 9.17) is 0 Å². The van der Waals surface area contributed by atoms with E-state index < -0.39 is 21.7 Å². The minimum absolute atomic E-state index is 0.253. The van der Waals surface area contributed by atoms with Crippen LogP contribution in [0.15, 0.2) is 48.5 Å². The van der Waals surface area contributed by atoms with Gasteiger partial charge in [-0.05, 0) is 36.8 Å². The van der Waals surface area contributed by atoms with Crippen molar-refractivity contribution < 1.29 is 17.6 Å². The highest BCUT2D eigenvalue weighted by Crippen LogP contribution is 2.17. The highest BCUT2D eigenvalue weighted by atomic mass is 32.2. The zero-order valence-corrected chi connectivity index (χ0v) is 16.9. The molecule has 8 heteroatoms. The predicted octanol–water partition coefficient (Wildman–Crippen LogP) is 2.95. The van der Waals surface area contributed by atoms with E-state index in [1.807, 2.05) is 19.1 Å². The Hall–Kier alpha value is -2.06. The normalized spacial score (nSPS) is 11.2. The third-order valence-corrected chi connectivity index (χ3v) is 5.89. The van der Waals surface area contributed by atoms with E-state index in [9.17, 15) is 17.6 Å². The van der Waals surface area contributed by atoms with E-state index in [0.29, 0.717) is 6.54 Å². The minimum atomic E-state index is -3.66. The van der Waals surface area contributed by atoms with E-state index >= 15 is 0 Å². The van der Waals surface area contributed by atoms with Crippen LogP contribution in [0.4, 0.5) is 10.1 Å². The minimum Gasteiger partial charge on any atom is -0.354 e. The van der Waals surface area contributed by atoms with Crippen molar-refractivity contribution in [2.45, 2.75) is 12.7 Å². The molecule has 1 amide bonds. The smallest absolute Gasteiger partial charge is 0.240 e. The summed E-state index contributed by atoms with van der Waals surface area (Å²) in [6.45, 7) is 2.15. The van der Waals surface area contributed by atoms with E-state index in [-0.39, 0.29) is 12.2 Å². The van der Waals surface area contributed by atoms with Crippen LogP contribution in [0.2, 0.25) is 0 Å². The van der Waals surface area contributed by atoms with Gasteiger partial charge in [0.2, 0.25) is 15.9 Å². The molecule has 0 saturated heterocycles. The lowest BCUT2D eigenvalue weighted by Crippen LogP contribution is -2.41. The fourth-order valence-corrected chi connectivity index (χ4v) is 4.11. The predicted molar refractivity (Wildman–Crippen MR) is 109 cm³/mol. The maximum absolute atomic E-state index is 13.0. The molecule has 0 saturated carbocycles. The van der Waals surface area contributed by atoms with Crippen molar-refractivity contribution in [3.05, 3.63) is 65.5 Å². The van der Waals surface area contributed by atoms with Crippen LogP contribution in [-0.2, 0) is 20.6 Å². The molecule has 0 aliphatic carbocycles. The van der Waals surface area contributed by atoms with Crippen molar-refractivity contribution in [1.82, 2.24) is 5.32 Å². The zero-order valence-electron chi connectivity index (χ0n) is 15.3. The van der Waals surface area contributed by atoms with Crippen LogP contribution in [0.5, 0.6) is 0 Å². The summed E-state index contributed by atoms with van der Waals surface area (Å²) in [5, 5.41) is 2.72. The summed E-state index contributed by atoms with van der Waals surface area (Å²) in [7, 11) is -3.66. The molecule has 1 N–H and O–H groups in total. The van der Waals surface area contributed by atoms with Crippen LogP contribution in [0.3, 0.4) is 0 Å². The largest absolute Gasteiger partial charge is 0.354 e. The Bertz CT molecular complexity index is 871. The van der Waals surface area contributed by atoms with Gasteiger partial charge in [-0.1, -0.05) is 29.8 Å². The standard InChI is InChI=1S/C19H23FN2O3S2/c1-15-4-3-5-16(12-15)14-26-11-10-21-19(23)13-22(27(2,24)25)18-8-6-17(20)7-9-18/h3-9,12H,10-11,13-14H2,1-2H3,(H,21,23). The Morgan fingerprint density at radius 3 is 2.52 bits per heavy atom. The van der Waals surface area contributed by atoms with E-state index in [2.05, 4.69) is 17.4 Å². The molecule has 146 valence electrons. The zero-order chi connectivity index (χ0) is 19.9. The molecule has 2 aromatic rings. The Kier molecular flexibility index (Phi) is 7.67. The molecule has 0 atom stereocenters. The van der Waals surface area contributed by atoms with Crippen molar-refractivity contribution in [2.24, 2.45) is 0 Å². The molecule has 0 heterocycles. The van der Waals surface area contributed by atoms with Crippen LogP contribution in [0.1, 0.15) is 11.1 Å². The summed E-state index contributed by atoms with van der Waals surface area (Å²) in [6, 6.07) is 13.2. The second-order valence-electron chi connectivity index (χ2n) is 6.14. The number of thioether (sulfide) groups is 1. The number of nitrogens with zero attached hydrogens (tertiary/aromatic N) is 1. The van der Waals surface area contributed by atoms with Crippen LogP contribution in [-0.4, -0.2) is 39.4 Å². The summed E-state index contributed by atoms with van der Waals surface area (Å²) >= 11 is 1.69. The van der Waals surface area contributed by atoms with Crippen molar-refractivity contribution in [3.63, 3.8) is 0 Å². The maximum Gasteiger partial charge on any atom is 0.240 e. The topological polar surface area (TPSA) is 66.5 Å². The van der Waals surface area contributed by atoms with E-state index in [1.54, 1.807) is 11.8 Å². The van der Waals surface area contributed by atoms with Gasteiger partial charge in [0.05, 0.1) is 11.9 Å². The average Bonchev–Trinajstić information content (AvgIpc) is 2.59. The van der Waals surface area contributed by atoms with Crippen LogP contribution >= 0.6 is 11.8 Å². The molecule has 2 aromatic carbocycles. The number of carbonyl (C=O) groups is 1. The average molecular weight is 411 g/mol. The SMILES string of the molecule is Cc1cccc(CSCCNC(=O)CN(c2ccc(F)cc2)S(C)(=O)=O)c1. The van der Waals surface area contributed by atoms with Crippen LogP contribution in [0.25, 0.3) is 0 Å². The first kappa shape index (κ1) is 21.2. The molecule has 0 unspecified atom stereocenters. The van der Waals surface area contributed by atoms with Crippen LogP contribution < -0.4 is 9.62 Å². The molecular weight excluding hydrogens is 387 g/mol. The molecule has 0 aliphatic rings. The van der Waals surface area contributed by atoms with Crippen molar-refractivity contribution in [3.8, 4) is 0 Å². The van der Waals surface area contributed by atoms with Gasteiger partial charge < -0.3 is 5.32 Å². The molecule has 0 radical (unpaired) electrons. The number of hydrogen-bond acceptors (Lipinski definition) is 4. The number of aryl methyl sites for hydroxylation is 1. The summed E-state index contributed by atoms with van der Waals surface area (Å²) < 4.78 is 37.9. The lowest BCUT2D eigenvalue weighted by molar-refractivity contribution is -0.119. The second-order valence-corrected chi connectivity index (χ2v) is 9.15. The molecule has 5 nitrogen and oxygen atoms in total. The van der Waals surface area contributed by atoms with Crippen molar-refractivity contribution >= 4 is 33.4 Å². The van der Waals surface area contributed by atoms with Gasteiger partial charge in [-0.2, -0.15) is 11.8 Å². The van der Waals surface area contributed by atoms with Crippen LogP contribution in [0, 0.1) is 12.7 Å². The number of halogens is 1. The molecule has 0 aromatic heterocycles. The first-order chi connectivity index (χ1) is 12.8. The number of rotatable bonds is 9. The number of amides is 1. The van der Waals surface area contributed by atoms with Crippen molar-refractivity contribution in [2.75, 3.05) is 29.4 Å². The highest BCUT2D eigenvalue weighted by Gasteiger charge is 2.20. The summed E-state index contributed by atoms with van der Waals surface area (Å²) in [5.41, 5.74) is 2.69. The summed E-state index contributed by atoms with van der Waals surface area (Å²) in [4.78, 5) is 12.1. The first-order valence-corrected chi connectivity index (χ1v) is 11.4.